The van der Waals surface area contributed by atoms with Crippen molar-refractivity contribution in [2.24, 2.45) is 11.7 Å². The van der Waals surface area contributed by atoms with Gasteiger partial charge in [0.05, 0.1) is 17.0 Å². The fraction of sp³-hybridized carbons (Fsp3) is 0.364. The third-order valence-corrected chi connectivity index (χ3v) is 4.38. The average Bonchev–Trinajstić information content (AvgIpc) is 3.54. The number of alkyl halides is 3. The molecule has 0 unspecified atom stereocenters. The van der Waals surface area contributed by atoms with Crippen LogP contribution in [-0.4, -0.2) is 35.3 Å². The van der Waals surface area contributed by atoms with Crippen molar-refractivity contribution in [2.75, 3.05) is 13.1 Å². The van der Waals surface area contributed by atoms with Crippen molar-refractivity contribution in [1.82, 2.24) is 10.3 Å². The Bertz CT molecular complexity index is 933. The lowest BCUT2D eigenvalue weighted by atomic mass is 10.0. The molecule has 162 valence electrons. The number of carbonyl (C=O) groups excluding carboxylic acids is 1. The van der Waals surface area contributed by atoms with E-state index in [-0.39, 0.29) is 40.9 Å². The van der Waals surface area contributed by atoms with Crippen LogP contribution in [0.4, 0.5) is 13.2 Å². The van der Waals surface area contributed by atoms with Crippen LogP contribution in [-0.2, 0) is 4.79 Å². The molecule has 0 aliphatic heterocycles. The first-order chi connectivity index (χ1) is 14.2. The SMILES string of the molecule is C=C(c1nc(/C=C/CNC(=O)C2CC2)cc2cc(O)ccc12)C(F)(F)F.CCCN. The Hall–Kier alpha value is -2.87. The highest BCUT2D eigenvalue weighted by Gasteiger charge is 2.35. The first-order valence-electron chi connectivity index (χ1n) is 9.72. The van der Waals surface area contributed by atoms with Gasteiger partial charge in [0.25, 0.3) is 0 Å². The molecule has 0 radical (unpaired) electrons. The molecule has 0 saturated heterocycles. The number of nitrogens with zero attached hydrogens (tertiary/aromatic N) is 1. The standard InChI is InChI=1S/C19H17F3N2O2.C3H9N/c1-11(19(20,21)22)17-16-7-6-15(25)10-13(16)9-14(24-17)3-2-8-23-18(26)12-4-5-12;1-2-3-4/h2-3,6-7,9-10,12,25H,1,4-5,8H2,(H,23,26);2-4H2,1H3/b3-2+;. The molecule has 1 fully saturated rings. The van der Waals surface area contributed by atoms with Gasteiger partial charge in [0, 0.05) is 17.8 Å². The predicted octanol–water partition coefficient (Wildman–Crippen LogP) is 4.41. The Balaban J connectivity index is 0.000000735. The molecule has 1 aliphatic rings. The maximum Gasteiger partial charge on any atom is 0.417 e. The molecule has 4 N–H and O–H groups in total. The summed E-state index contributed by atoms with van der Waals surface area (Å²) in [6, 6.07) is 5.63. The summed E-state index contributed by atoms with van der Waals surface area (Å²) >= 11 is 0. The van der Waals surface area contributed by atoms with Crippen LogP contribution in [0.5, 0.6) is 5.75 Å². The first kappa shape index (κ1) is 23.4. The molecule has 2 aromatic rings. The Morgan fingerprint density at radius 1 is 1.37 bits per heavy atom. The van der Waals surface area contributed by atoms with Crippen LogP contribution in [0.25, 0.3) is 22.4 Å². The summed E-state index contributed by atoms with van der Waals surface area (Å²) in [5.41, 5.74) is 3.98. The summed E-state index contributed by atoms with van der Waals surface area (Å²) in [7, 11) is 0. The number of fused-ring (bicyclic) bond motifs is 1. The summed E-state index contributed by atoms with van der Waals surface area (Å²) in [4.78, 5) is 15.6. The van der Waals surface area contributed by atoms with Gasteiger partial charge in [-0.25, -0.2) is 4.98 Å². The topological polar surface area (TPSA) is 88.2 Å². The Kier molecular flexibility index (Phi) is 8.00. The second-order valence-electron chi connectivity index (χ2n) is 6.99. The van der Waals surface area contributed by atoms with E-state index in [1.54, 1.807) is 12.1 Å². The van der Waals surface area contributed by atoms with E-state index in [0.29, 0.717) is 5.39 Å². The molecule has 0 atom stereocenters. The first-order valence-corrected chi connectivity index (χ1v) is 9.72. The van der Waals surface area contributed by atoms with E-state index in [1.807, 2.05) is 0 Å². The van der Waals surface area contributed by atoms with E-state index in [0.717, 1.165) is 25.8 Å². The average molecular weight is 421 g/mol. The maximum absolute atomic E-state index is 13.1. The number of benzene rings is 1. The summed E-state index contributed by atoms with van der Waals surface area (Å²) in [6.45, 7) is 6.27. The van der Waals surface area contributed by atoms with Gasteiger partial charge in [-0.05, 0) is 61.5 Å². The monoisotopic (exact) mass is 421 g/mol. The van der Waals surface area contributed by atoms with Gasteiger partial charge < -0.3 is 16.2 Å². The lowest BCUT2D eigenvalue weighted by molar-refractivity contribution is -0.122. The molecule has 1 aromatic heterocycles. The summed E-state index contributed by atoms with van der Waals surface area (Å²) in [5.74, 6) is 0.0166. The van der Waals surface area contributed by atoms with Crippen LogP contribution in [0, 0.1) is 5.92 Å². The summed E-state index contributed by atoms with van der Waals surface area (Å²) in [6.07, 6.45) is 1.43. The van der Waals surface area contributed by atoms with Gasteiger partial charge in [0.2, 0.25) is 5.91 Å². The third-order valence-electron chi connectivity index (χ3n) is 4.38. The zero-order valence-electron chi connectivity index (χ0n) is 16.8. The molecule has 1 amide bonds. The lowest BCUT2D eigenvalue weighted by Crippen LogP contribution is -2.24. The van der Waals surface area contributed by atoms with Gasteiger partial charge in [-0.15, -0.1) is 0 Å². The van der Waals surface area contributed by atoms with Crippen LogP contribution < -0.4 is 11.1 Å². The molecule has 0 spiro atoms. The van der Waals surface area contributed by atoms with Crippen LogP contribution in [0.1, 0.15) is 37.6 Å². The van der Waals surface area contributed by atoms with Gasteiger partial charge in [-0.2, -0.15) is 13.2 Å². The fourth-order valence-corrected chi connectivity index (χ4v) is 2.54. The predicted molar refractivity (Wildman–Crippen MR) is 113 cm³/mol. The summed E-state index contributed by atoms with van der Waals surface area (Å²) in [5, 5.41) is 13.0. The van der Waals surface area contributed by atoms with Crippen molar-refractivity contribution in [1.29, 1.82) is 0 Å². The quantitative estimate of drug-likeness (QED) is 0.645. The van der Waals surface area contributed by atoms with Crippen LogP contribution in [0.3, 0.4) is 0 Å². The molecular formula is C22H26F3N3O2. The maximum atomic E-state index is 13.1. The summed E-state index contributed by atoms with van der Waals surface area (Å²) < 4.78 is 39.3. The molecule has 1 aliphatic carbocycles. The number of aromatic nitrogens is 1. The van der Waals surface area contributed by atoms with E-state index in [9.17, 15) is 23.1 Å². The number of phenolic OH excluding ortho intramolecular Hbond substituents is 1. The number of halogens is 3. The number of hydrogen-bond donors (Lipinski definition) is 3. The van der Waals surface area contributed by atoms with Crippen molar-refractivity contribution in [2.45, 2.75) is 32.4 Å². The number of nitrogens with two attached hydrogens (primary N) is 1. The number of hydrogen-bond acceptors (Lipinski definition) is 4. The Morgan fingerprint density at radius 2 is 2.03 bits per heavy atom. The van der Waals surface area contributed by atoms with Gasteiger partial charge in [0.15, 0.2) is 0 Å². The largest absolute Gasteiger partial charge is 0.508 e. The minimum absolute atomic E-state index is 0.0165. The van der Waals surface area contributed by atoms with Crippen molar-refractivity contribution in [3.05, 3.63) is 48.3 Å². The molecule has 1 saturated carbocycles. The highest BCUT2D eigenvalue weighted by molar-refractivity contribution is 5.94. The Morgan fingerprint density at radius 3 is 2.60 bits per heavy atom. The van der Waals surface area contributed by atoms with Crippen molar-refractivity contribution in [3.63, 3.8) is 0 Å². The molecule has 1 heterocycles. The number of carbonyl (C=O) groups is 1. The minimum atomic E-state index is -4.61. The molecule has 1 aromatic carbocycles. The van der Waals surface area contributed by atoms with Gasteiger partial charge >= 0.3 is 6.18 Å². The van der Waals surface area contributed by atoms with Crippen LogP contribution in [0.15, 0.2) is 36.9 Å². The fourth-order valence-electron chi connectivity index (χ4n) is 2.54. The minimum Gasteiger partial charge on any atom is -0.508 e. The van der Waals surface area contributed by atoms with Crippen molar-refractivity contribution in [3.8, 4) is 5.75 Å². The second-order valence-corrected chi connectivity index (χ2v) is 6.99. The van der Waals surface area contributed by atoms with Crippen LogP contribution >= 0.6 is 0 Å². The highest BCUT2D eigenvalue weighted by atomic mass is 19.4. The third kappa shape index (κ3) is 6.59. The molecule has 0 bridgehead atoms. The Labute approximate surface area is 173 Å². The number of allylic oxidation sites excluding steroid dienone is 1. The normalized spacial score (nSPS) is 13.8. The molecule has 30 heavy (non-hydrogen) atoms. The lowest BCUT2D eigenvalue weighted by Gasteiger charge is -2.13. The number of rotatable bonds is 6. The van der Waals surface area contributed by atoms with Gasteiger partial charge in [-0.3, -0.25) is 4.79 Å². The van der Waals surface area contributed by atoms with E-state index >= 15 is 0 Å². The zero-order valence-corrected chi connectivity index (χ0v) is 16.8. The number of amides is 1. The second kappa shape index (κ2) is 10.2. The number of pyridine rings is 1. The van der Waals surface area contributed by atoms with E-state index in [1.165, 1.54) is 24.3 Å². The highest BCUT2D eigenvalue weighted by Crippen LogP contribution is 2.36. The van der Waals surface area contributed by atoms with E-state index in [4.69, 9.17) is 5.73 Å². The smallest absolute Gasteiger partial charge is 0.417 e. The number of aromatic hydroxyl groups is 1. The van der Waals surface area contributed by atoms with Crippen molar-refractivity contribution < 1.29 is 23.1 Å². The number of nitrogens with one attached hydrogen (secondary N) is 1. The van der Waals surface area contributed by atoms with E-state index < -0.39 is 11.7 Å². The van der Waals surface area contributed by atoms with Gasteiger partial charge in [-0.1, -0.05) is 19.6 Å². The molecule has 3 rings (SSSR count). The van der Waals surface area contributed by atoms with Crippen LogP contribution in [0.2, 0.25) is 0 Å². The number of phenols is 1. The van der Waals surface area contributed by atoms with Crippen molar-refractivity contribution >= 4 is 28.3 Å². The molecular weight excluding hydrogens is 395 g/mol. The van der Waals surface area contributed by atoms with E-state index in [2.05, 4.69) is 23.8 Å². The molecule has 8 heteroatoms. The van der Waals surface area contributed by atoms with Gasteiger partial charge in [0.1, 0.15) is 5.75 Å². The molecule has 5 nitrogen and oxygen atoms in total. The zero-order chi connectivity index (χ0) is 22.3.